The lowest BCUT2D eigenvalue weighted by atomic mass is 9.72. The Morgan fingerprint density at radius 1 is 0.595 bits per heavy atom. The van der Waals surface area contributed by atoms with Gasteiger partial charge in [-0.3, -0.25) is 0 Å². The Hall–Kier alpha value is 0. The van der Waals surface area contributed by atoms with Crippen molar-refractivity contribution in [2.45, 2.75) is 156 Å². The van der Waals surface area contributed by atoms with Gasteiger partial charge in [0.25, 0.3) is 0 Å². The SMILES string of the molecule is CC(C)C1CC(C(C)(C)C)CC1C.CC(C)C1CCC(C(C)(C)C)C1C.CCC1CCC(C)C1C(C)C. The Morgan fingerprint density at radius 3 is 1.41 bits per heavy atom. The van der Waals surface area contributed by atoms with Crippen molar-refractivity contribution in [2.75, 3.05) is 0 Å². The Morgan fingerprint density at radius 2 is 1.14 bits per heavy atom. The third-order valence-corrected chi connectivity index (χ3v) is 11.6. The van der Waals surface area contributed by atoms with Crippen LogP contribution in [-0.2, 0) is 0 Å². The van der Waals surface area contributed by atoms with Crippen LogP contribution in [0.25, 0.3) is 0 Å². The molecule has 9 unspecified atom stereocenters. The molecular formula is C37H74. The number of hydrogen-bond donors (Lipinski definition) is 0. The maximum absolute atomic E-state index is 2.47. The topological polar surface area (TPSA) is 0 Å². The summed E-state index contributed by atoms with van der Waals surface area (Å²) in [5, 5.41) is 0. The maximum atomic E-state index is 2.47. The van der Waals surface area contributed by atoms with Crippen LogP contribution in [0.2, 0.25) is 0 Å². The van der Waals surface area contributed by atoms with Gasteiger partial charge in [-0.2, -0.15) is 0 Å². The van der Waals surface area contributed by atoms with E-state index in [-0.39, 0.29) is 0 Å². The molecule has 0 amide bonds. The Labute approximate surface area is 237 Å². The summed E-state index contributed by atoms with van der Waals surface area (Å²) in [6, 6.07) is 0. The van der Waals surface area contributed by atoms with E-state index in [9.17, 15) is 0 Å². The zero-order chi connectivity index (χ0) is 28.9. The molecule has 0 aliphatic heterocycles. The Kier molecular flexibility index (Phi) is 13.8. The molecule has 3 fully saturated rings. The van der Waals surface area contributed by atoms with Crippen LogP contribution in [0.4, 0.5) is 0 Å². The largest absolute Gasteiger partial charge is 0.0651 e. The smallest absolute Gasteiger partial charge is 0.0337 e. The van der Waals surface area contributed by atoms with Gasteiger partial charge in [0.05, 0.1) is 0 Å². The van der Waals surface area contributed by atoms with Gasteiger partial charge in [-0.05, 0) is 114 Å². The van der Waals surface area contributed by atoms with Crippen molar-refractivity contribution in [1.82, 2.24) is 0 Å². The minimum Gasteiger partial charge on any atom is -0.0651 e. The van der Waals surface area contributed by atoms with Crippen LogP contribution in [0.15, 0.2) is 0 Å². The van der Waals surface area contributed by atoms with Crippen molar-refractivity contribution in [3.8, 4) is 0 Å². The molecular weight excluding hydrogens is 444 g/mol. The summed E-state index contributed by atoms with van der Waals surface area (Å²) in [4.78, 5) is 0. The van der Waals surface area contributed by atoms with E-state index in [1.165, 1.54) is 44.9 Å². The third kappa shape index (κ3) is 10.2. The van der Waals surface area contributed by atoms with Crippen molar-refractivity contribution in [3.05, 3.63) is 0 Å². The van der Waals surface area contributed by atoms with Crippen LogP contribution >= 0.6 is 0 Å². The molecule has 3 aliphatic rings. The zero-order valence-electron chi connectivity index (χ0n) is 28.9. The first-order valence-corrected chi connectivity index (χ1v) is 16.8. The maximum Gasteiger partial charge on any atom is -0.0337 e. The van der Waals surface area contributed by atoms with E-state index in [0.717, 1.165) is 71.0 Å². The highest BCUT2D eigenvalue weighted by atomic mass is 14.5. The highest BCUT2D eigenvalue weighted by molar-refractivity contribution is 4.90. The molecule has 222 valence electrons. The molecule has 0 saturated heterocycles. The van der Waals surface area contributed by atoms with E-state index in [2.05, 4.69) is 111 Å². The highest BCUT2D eigenvalue weighted by Crippen LogP contribution is 2.49. The first-order chi connectivity index (χ1) is 16.8. The molecule has 3 saturated carbocycles. The van der Waals surface area contributed by atoms with E-state index >= 15 is 0 Å². The predicted octanol–water partition coefficient (Wildman–Crippen LogP) is 12.4. The Balaban J connectivity index is 0.000000279. The second-order valence-corrected chi connectivity index (χ2v) is 17.3. The summed E-state index contributed by atoms with van der Waals surface area (Å²) in [5.41, 5.74) is 1.04. The summed E-state index contributed by atoms with van der Waals surface area (Å²) in [5.74, 6) is 11.4. The lowest BCUT2D eigenvalue weighted by Crippen LogP contribution is -2.26. The molecule has 0 aromatic rings. The van der Waals surface area contributed by atoms with Crippen molar-refractivity contribution >= 4 is 0 Å². The average Bonchev–Trinajstić information content (AvgIpc) is 3.44. The van der Waals surface area contributed by atoms with Crippen molar-refractivity contribution in [3.63, 3.8) is 0 Å². The molecule has 0 radical (unpaired) electrons. The van der Waals surface area contributed by atoms with Crippen LogP contribution in [0.5, 0.6) is 0 Å². The lowest BCUT2D eigenvalue weighted by Gasteiger charge is -2.33. The molecule has 37 heavy (non-hydrogen) atoms. The van der Waals surface area contributed by atoms with Crippen LogP contribution in [0, 0.1) is 81.8 Å². The summed E-state index contributed by atoms with van der Waals surface area (Å²) in [7, 11) is 0. The molecule has 9 atom stereocenters. The van der Waals surface area contributed by atoms with Gasteiger partial charge in [0.1, 0.15) is 0 Å². The molecule has 3 aliphatic carbocycles. The summed E-state index contributed by atoms with van der Waals surface area (Å²) in [6.45, 7) is 38.4. The first kappa shape index (κ1) is 35.0. The molecule has 0 aromatic heterocycles. The fraction of sp³-hybridized carbons (Fsp3) is 1.00. The van der Waals surface area contributed by atoms with Crippen LogP contribution in [-0.4, -0.2) is 0 Å². The standard InChI is InChI=1S/2C13H26.C11H22/c1-9(2)12-8-11(7-10(12)3)13(4,5)6;1-9(2)11-7-8-12(10(11)3)13(4,5)6;1-5-10-7-6-9(4)11(10)8(2)3/h2*9-12H,7-8H2,1-6H3;8-11H,5-7H2,1-4H3. The normalized spacial score (nSPS) is 36.6. The minimum absolute atomic E-state index is 0.517. The van der Waals surface area contributed by atoms with Gasteiger partial charge in [-0.25, -0.2) is 0 Å². The summed E-state index contributed by atoms with van der Waals surface area (Å²) in [6.07, 6.45) is 10.2. The van der Waals surface area contributed by atoms with E-state index in [1.54, 1.807) is 0 Å². The zero-order valence-corrected chi connectivity index (χ0v) is 28.9. The van der Waals surface area contributed by atoms with Gasteiger partial charge in [0.15, 0.2) is 0 Å². The van der Waals surface area contributed by atoms with Crippen molar-refractivity contribution in [2.24, 2.45) is 81.8 Å². The van der Waals surface area contributed by atoms with Gasteiger partial charge in [0, 0.05) is 0 Å². The van der Waals surface area contributed by atoms with Crippen molar-refractivity contribution < 1.29 is 0 Å². The van der Waals surface area contributed by atoms with Gasteiger partial charge in [-0.1, -0.05) is 124 Å². The fourth-order valence-electron chi connectivity index (χ4n) is 9.28. The van der Waals surface area contributed by atoms with Crippen LogP contribution in [0.3, 0.4) is 0 Å². The predicted molar refractivity (Wildman–Crippen MR) is 170 cm³/mol. The molecule has 0 N–H and O–H groups in total. The number of hydrogen-bond acceptors (Lipinski definition) is 0. The fourth-order valence-corrected chi connectivity index (χ4v) is 9.28. The molecule has 0 aromatic carbocycles. The van der Waals surface area contributed by atoms with Gasteiger partial charge in [0.2, 0.25) is 0 Å². The molecule has 0 nitrogen and oxygen atoms in total. The number of rotatable bonds is 4. The molecule has 0 heteroatoms. The van der Waals surface area contributed by atoms with Crippen LogP contribution in [0.1, 0.15) is 156 Å². The summed E-state index contributed by atoms with van der Waals surface area (Å²) < 4.78 is 0. The monoisotopic (exact) mass is 519 g/mol. The van der Waals surface area contributed by atoms with Gasteiger partial charge < -0.3 is 0 Å². The van der Waals surface area contributed by atoms with E-state index in [4.69, 9.17) is 0 Å². The van der Waals surface area contributed by atoms with Gasteiger partial charge >= 0.3 is 0 Å². The highest BCUT2D eigenvalue weighted by Gasteiger charge is 2.40. The lowest BCUT2D eigenvalue weighted by molar-refractivity contribution is 0.162. The molecule has 3 rings (SSSR count). The quantitative estimate of drug-likeness (QED) is 0.347. The molecule has 0 spiro atoms. The minimum atomic E-state index is 0.517. The second kappa shape index (κ2) is 14.6. The average molecular weight is 519 g/mol. The molecule has 0 heterocycles. The summed E-state index contributed by atoms with van der Waals surface area (Å²) >= 11 is 0. The van der Waals surface area contributed by atoms with E-state index < -0.39 is 0 Å². The first-order valence-electron chi connectivity index (χ1n) is 16.8. The Bertz CT molecular complexity index is 605. The van der Waals surface area contributed by atoms with E-state index in [0.29, 0.717) is 10.8 Å². The molecule has 0 bridgehead atoms. The van der Waals surface area contributed by atoms with Crippen LogP contribution < -0.4 is 0 Å². The third-order valence-electron chi connectivity index (χ3n) is 11.6. The van der Waals surface area contributed by atoms with Gasteiger partial charge in [-0.15, -0.1) is 0 Å². The van der Waals surface area contributed by atoms with E-state index in [1.807, 2.05) is 0 Å². The second-order valence-electron chi connectivity index (χ2n) is 17.3. The van der Waals surface area contributed by atoms with Crippen molar-refractivity contribution in [1.29, 1.82) is 0 Å².